The third kappa shape index (κ3) is 3.98. The standard InChI is InChI=1S/C15H24FN3/c1-3-15(14-8-7-12(16)10-18-14)19(2)11-13-6-4-5-9-17-13/h7-8,10,13,15,17H,3-6,9,11H2,1-2H3. The Morgan fingerprint density at radius 3 is 2.89 bits per heavy atom. The largest absolute Gasteiger partial charge is 0.313 e. The number of nitrogens with one attached hydrogen (secondary N) is 1. The van der Waals surface area contributed by atoms with E-state index in [1.807, 2.05) is 0 Å². The predicted octanol–water partition coefficient (Wildman–Crippen LogP) is 2.75. The lowest BCUT2D eigenvalue weighted by atomic mass is 10.0. The van der Waals surface area contributed by atoms with E-state index in [0.717, 1.165) is 25.2 Å². The maximum absolute atomic E-state index is 12.9. The molecule has 1 aromatic heterocycles. The van der Waals surface area contributed by atoms with E-state index in [1.54, 1.807) is 6.07 Å². The van der Waals surface area contributed by atoms with Gasteiger partial charge in [-0.1, -0.05) is 13.3 Å². The molecule has 1 aliphatic rings. The number of halogens is 1. The Hall–Kier alpha value is -1.00. The van der Waals surface area contributed by atoms with Gasteiger partial charge in [0.15, 0.2) is 0 Å². The first-order valence-electron chi connectivity index (χ1n) is 7.25. The van der Waals surface area contributed by atoms with Crippen LogP contribution in [0.4, 0.5) is 4.39 Å². The predicted molar refractivity (Wildman–Crippen MR) is 75.5 cm³/mol. The average molecular weight is 265 g/mol. The van der Waals surface area contributed by atoms with Crippen LogP contribution in [0.25, 0.3) is 0 Å². The number of nitrogens with zero attached hydrogens (tertiary/aromatic N) is 2. The summed E-state index contributed by atoms with van der Waals surface area (Å²) >= 11 is 0. The summed E-state index contributed by atoms with van der Waals surface area (Å²) in [6.07, 6.45) is 6.15. The van der Waals surface area contributed by atoms with Gasteiger partial charge in [0.2, 0.25) is 0 Å². The van der Waals surface area contributed by atoms with Gasteiger partial charge in [0.05, 0.1) is 17.9 Å². The molecule has 2 heterocycles. The molecule has 4 heteroatoms. The molecule has 0 amide bonds. The van der Waals surface area contributed by atoms with Gasteiger partial charge in [0.1, 0.15) is 5.82 Å². The minimum Gasteiger partial charge on any atom is -0.313 e. The number of piperidine rings is 1. The van der Waals surface area contributed by atoms with Crippen LogP contribution in [0.3, 0.4) is 0 Å². The summed E-state index contributed by atoms with van der Waals surface area (Å²) in [5.41, 5.74) is 0.960. The molecule has 0 radical (unpaired) electrons. The van der Waals surface area contributed by atoms with Gasteiger partial charge in [-0.2, -0.15) is 0 Å². The highest BCUT2D eigenvalue weighted by molar-refractivity contribution is 5.10. The average Bonchev–Trinajstić information content (AvgIpc) is 2.43. The first kappa shape index (κ1) is 14.4. The van der Waals surface area contributed by atoms with E-state index in [1.165, 1.54) is 31.5 Å². The highest BCUT2D eigenvalue weighted by Gasteiger charge is 2.21. The van der Waals surface area contributed by atoms with Crippen molar-refractivity contribution in [1.82, 2.24) is 15.2 Å². The van der Waals surface area contributed by atoms with E-state index < -0.39 is 0 Å². The van der Waals surface area contributed by atoms with Crippen molar-refractivity contribution >= 4 is 0 Å². The van der Waals surface area contributed by atoms with Gasteiger partial charge in [0, 0.05) is 12.6 Å². The summed E-state index contributed by atoms with van der Waals surface area (Å²) < 4.78 is 12.9. The Labute approximate surface area is 115 Å². The first-order chi connectivity index (χ1) is 9.20. The minimum absolute atomic E-state index is 0.268. The minimum atomic E-state index is -0.268. The molecule has 0 bridgehead atoms. The van der Waals surface area contributed by atoms with Crippen molar-refractivity contribution in [3.63, 3.8) is 0 Å². The van der Waals surface area contributed by atoms with Crippen molar-refractivity contribution in [3.05, 3.63) is 29.8 Å². The maximum Gasteiger partial charge on any atom is 0.141 e. The van der Waals surface area contributed by atoms with Crippen LogP contribution < -0.4 is 5.32 Å². The van der Waals surface area contributed by atoms with Crippen molar-refractivity contribution in [2.45, 2.75) is 44.7 Å². The van der Waals surface area contributed by atoms with E-state index in [2.05, 4.69) is 29.2 Å². The second-order valence-corrected chi connectivity index (χ2v) is 5.41. The maximum atomic E-state index is 12.9. The molecule has 2 unspecified atom stereocenters. The molecule has 2 atom stereocenters. The molecule has 2 rings (SSSR count). The van der Waals surface area contributed by atoms with Crippen molar-refractivity contribution in [3.8, 4) is 0 Å². The van der Waals surface area contributed by atoms with Gasteiger partial charge in [0.25, 0.3) is 0 Å². The lowest BCUT2D eigenvalue weighted by Crippen LogP contribution is -2.43. The molecule has 1 aliphatic heterocycles. The summed E-state index contributed by atoms with van der Waals surface area (Å²) in [6.45, 7) is 4.31. The van der Waals surface area contributed by atoms with Crippen molar-refractivity contribution in [2.24, 2.45) is 0 Å². The number of likely N-dealkylation sites (N-methyl/N-ethyl adjacent to an activating group) is 1. The zero-order valence-corrected chi connectivity index (χ0v) is 11.9. The highest BCUT2D eigenvalue weighted by atomic mass is 19.1. The molecule has 1 saturated heterocycles. The molecule has 106 valence electrons. The zero-order valence-electron chi connectivity index (χ0n) is 11.9. The molecule has 0 spiro atoms. The van der Waals surface area contributed by atoms with Crippen LogP contribution in [0.2, 0.25) is 0 Å². The first-order valence-corrected chi connectivity index (χ1v) is 7.25. The normalized spacial score (nSPS) is 21.6. The third-order valence-electron chi connectivity index (χ3n) is 3.93. The quantitative estimate of drug-likeness (QED) is 0.887. The second kappa shape index (κ2) is 6.96. The number of pyridine rings is 1. The Bertz CT molecular complexity index is 373. The molecule has 1 aromatic rings. The summed E-state index contributed by atoms with van der Waals surface area (Å²) in [5, 5.41) is 3.57. The van der Waals surface area contributed by atoms with Crippen LogP contribution in [-0.2, 0) is 0 Å². The van der Waals surface area contributed by atoms with E-state index in [4.69, 9.17) is 0 Å². The van der Waals surface area contributed by atoms with Gasteiger partial charge < -0.3 is 5.32 Å². The Morgan fingerprint density at radius 1 is 1.47 bits per heavy atom. The smallest absolute Gasteiger partial charge is 0.141 e. The zero-order chi connectivity index (χ0) is 13.7. The van der Waals surface area contributed by atoms with E-state index in [-0.39, 0.29) is 11.9 Å². The summed E-state index contributed by atoms with van der Waals surface area (Å²) in [4.78, 5) is 6.56. The molecular weight excluding hydrogens is 241 g/mol. The number of rotatable bonds is 5. The highest BCUT2D eigenvalue weighted by Crippen LogP contribution is 2.22. The van der Waals surface area contributed by atoms with Crippen LogP contribution in [0.15, 0.2) is 18.3 Å². The molecule has 0 aromatic carbocycles. The topological polar surface area (TPSA) is 28.2 Å². The Kier molecular flexibility index (Phi) is 5.28. The van der Waals surface area contributed by atoms with Crippen molar-refractivity contribution in [1.29, 1.82) is 0 Å². The molecule has 0 aliphatic carbocycles. The van der Waals surface area contributed by atoms with Crippen LogP contribution in [0, 0.1) is 5.82 Å². The fourth-order valence-electron chi connectivity index (χ4n) is 2.89. The molecule has 1 N–H and O–H groups in total. The summed E-state index contributed by atoms with van der Waals surface area (Å²) in [6, 6.07) is 4.14. The van der Waals surface area contributed by atoms with Crippen molar-refractivity contribution < 1.29 is 4.39 Å². The molecule has 3 nitrogen and oxygen atoms in total. The second-order valence-electron chi connectivity index (χ2n) is 5.41. The van der Waals surface area contributed by atoms with E-state index in [9.17, 15) is 4.39 Å². The lowest BCUT2D eigenvalue weighted by Gasteiger charge is -2.32. The van der Waals surface area contributed by atoms with Gasteiger partial charge in [-0.3, -0.25) is 9.88 Å². The summed E-state index contributed by atoms with van der Waals surface area (Å²) in [7, 11) is 2.13. The molecule has 0 saturated carbocycles. The number of hydrogen-bond donors (Lipinski definition) is 1. The fraction of sp³-hybridized carbons (Fsp3) is 0.667. The van der Waals surface area contributed by atoms with Crippen LogP contribution in [0.5, 0.6) is 0 Å². The van der Waals surface area contributed by atoms with E-state index in [0.29, 0.717) is 6.04 Å². The molecule has 19 heavy (non-hydrogen) atoms. The lowest BCUT2D eigenvalue weighted by molar-refractivity contribution is 0.195. The molecule has 1 fully saturated rings. The molecular formula is C15H24FN3. The van der Waals surface area contributed by atoms with E-state index >= 15 is 0 Å². The van der Waals surface area contributed by atoms with Gasteiger partial charge >= 0.3 is 0 Å². The number of aromatic nitrogens is 1. The Morgan fingerprint density at radius 2 is 2.32 bits per heavy atom. The Balaban J connectivity index is 1.97. The summed E-state index contributed by atoms with van der Waals surface area (Å²) in [5.74, 6) is -0.268. The fourth-order valence-corrected chi connectivity index (χ4v) is 2.89. The van der Waals surface area contributed by atoms with Crippen LogP contribution in [0.1, 0.15) is 44.3 Å². The van der Waals surface area contributed by atoms with Crippen LogP contribution in [-0.4, -0.2) is 36.1 Å². The van der Waals surface area contributed by atoms with Crippen LogP contribution >= 0.6 is 0 Å². The number of hydrogen-bond acceptors (Lipinski definition) is 3. The SMILES string of the molecule is CCC(c1ccc(F)cn1)N(C)CC1CCCCN1. The van der Waals surface area contributed by atoms with Gasteiger partial charge in [-0.05, 0) is 45.0 Å². The van der Waals surface area contributed by atoms with Gasteiger partial charge in [-0.25, -0.2) is 4.39 Å². The monoisotopic (exact) mass is 265 g/mol. The third-order valence-corrected chi connectivity index (χ3v) is 3.93. The van der Waals surface area contributed by atoms with Gasteiger partial charge in [-0.15, -0.1) is 0 Å². The van der Waals surface area contributed by atoms with Crippen molar-refractivity contribution in [2.75, 3.05) is 20.1 Å².